The second kappa shape index (κ2) is 5.63. The number of aryl methyl sites for hydroxylation is 3. The summed E-state index contributed by atoms with van der Waals surface area (Å²) < 4.78 is 0. The summed E-state index contributed by atoms with van der Waals surface area (Å²) in [6.45, 7) is 6.91. The highest BCUT2D eigenvalue weighted by Gasteiger charge is 1.98. The van der Waals surface area contributed by atoms with Crippen LogP contribution in [0.2, 0.25) is 0 Å². The van der Waals surface area contributed by atoms with Crippen molar-refractivity contribution in [1.29, 1.82) is 0 Å². The highest BCUT2D eigenvalue weighted by Crippen LogP contribution is 2.07. The van der Waals surface area contributed by atoms with E-state index < -0.39 is 0 Å². The van der Waals surface area contributed by atoms with Gasteiger partial charge in [0.2, 0.25) is 0 Å². The summed E-state index contributed by atoms with van der Waals surface area (Å²) >= 11 is 0. The molecule has 0 aliphatic carbocycles. The van der Waals surface area contributed by atoms with Crippen molar-refractivity contribution < 1.29 is 0 Å². The molecule has 2 aromatic rings. The van der Waals surface area contributed by atoms with Crippen LogP contribution in [-0.2, 0) is 6.42 Å². The molecule has 0 fully saturated rings. The topological polar surface area (TPSA) is 37.8 Å². The first kappa shape index (κ1) is 12.6. The molecule has 1 heterocycles. The average Bonchev–Trinajstić information content (AvgIpc) is 2.27. The normalized spacial score (nSPS) is 10.4. The number of nitrogens with one attached hydrogen (secondary N) is 1. The van der Waals surface area contributed by atoms with Gasteiger partial charge >= 0.3 is 0 Å². The fourth-order valence-corrected chi connectivity index (χ4v) is 2.01. The zero-order valence-electron chi connectivity index (χ0n) is 11.2. The van der Waals surface area contributed by atoms with Gasteiger partial charge in [-0.15, -0.1) is 0 Å². The lowest BCUT2D eigenvalue weighted by molar-refractivity contribution is 0.965. The maximum atomic E-state index is 4.36. The summed E-state index contributed by atoms with van der Waals surface area (Å²) in [4.78, 5) is 8.62. The third-order valence-corrected chi connectivity index (χ3v) is 2.77. The molecule has 0 unspecified atom stereocenters. The molecule has 2 rings (SSSR count). The average molecular weight is 241 g/mol. The zero-order valence-corrected chi connectivity index (χ0v) is 11.2. The van der Waals surface area contributed by atoms with E-state index in [1.807, 2.05) is 19.9 Å². The Morgan fingerprint density at radius 3 is 2.61 bits per heavy atom. The summed E-state index contributed by atoms with van der Waals surface area (Å²) in [6, 6.07) is 10.6. The number of hydrogen-bond donors (Lipinski definition) is 1. The van der Waals surface area contributed by atoms with Crippen LogP contribution in [0.5, 0.6) is 0 Å². The van der Waals surface area contributed by atoms with Crippen LogP contribution in [0.1, 0.15) is 22.6 Å². The molecule has 18 heavy (non-hydrogen) atoms. The molecule has 0 amide bonds. The maximum Gasteiger partial charge on any atom is 0.129 e. The van der Waals surface area contributed by atoms with Gasteiger partial charge in [0.05, 0.1) is 0 Å². The van der Waals surface area contributed by atoms with Gasteiger partial charge in [-0.2, -0.15) is 0 Å². The van der Waals surface area contributed by atoms with E-state index >= 15 is 0 Å². The van der Waals surface area contributed by atoms with Crippen LogP contribution in [0.3, 0.4) is 0 Å². The smallest absolute Gasteiger partial charge is 0.129 e. The van der Waals surface area contributed by atoms with Gasteiger partial charge in [-0.05, 0) is 32.8 Å². The van der Waals surface area contributed by atoms with Crippen molar-refractivity contribution in [2.45, 2.75) is 27.2 Å². The van der Waals surface area contributed by atoms with Crippen molar-refractivity contribution in [2.75, 3.05) is 11.9 Å². The SMILES string of the molecule is Cc1cccc(CCNc2cc(C)nc(C)n2)c1. The third-order valence-electron chi connectivity index (χ3n) is 2.77. The van der Waals surface area contributed by atoms with Crippen molar-refractivity contribution in [1.82, 2.24) is 9.97 Å². The van der Waals surface area contributed by atoms with Crippen molar-refractivity contribution in [3.63, 3.8) is 0 Å². The molecule has 0 aliphatic rings. The van der Waals surface area contributed by atoms with Crippen LogP contribution >= 0.6 is 0 Å². The Morgan fingerprint density at radius 2 is 1.89 bits per heavy atom. The van der Waals surface area contributed by atoms with E-state index in [2.05, 4.69) is 46.5 Å². The molecule has 1 N–H and O–H groups in total. The van der Waals surface area contributed by atoms with Crippen LogP contribution < -0.4 is 5.32 Å². The molecule has 94 valence electrons. The zero-order chi connectivity index (χ0) is 13.0. The molecule has 0 atom stereocenters. The molecule has 0 saturated heterocycles. The molecule has 0 spiro atoms. The van der Waals surface area contributed by atoms with E-state index in [-0.39, 0.29) is 0 Å². The summed E-state index contributed by atoms with van der Waals surface area (Å²) in [5, 5.41) is 3.34. The highest BCUT2D eigenvalue weighted by molar-refractivity contribution is 5.36. The van der Waals surface area contributed by atoms with Gasteiger partial charge in [-0.1, -0.05) is 29.8 Å². The largest absolute Gasteiger partial charge is 0.370 e. The van der Waals surface area contributed by atoms with E-state index in [1.165, 1.54) is 11.1 Å². The van der Waals surface area contributed by atoms with Crippen molar-refractivity contribution in [2.24, 2.45) is 0 Å². The number of hydrogen-bond acceptors (Lipinski definition) is 3. The first-order chi connectivity index (χ1) is 8.63. The number of aromatic nitrogens is 2. The lowest BCUT2D eigenvalue weighted by Crippen LogP contribution is -2.08. The Morgan fingerprint density at radius 1 is 1.06 bits per heavy atom. The molecule has 3 heteroatoms. The van der Waals surface area contributed by atoms with E-state index in [1.54, 1.807) is 0 Å². The fourth-order valence-electron chi connectivity index (χ4n) is 2.01. The third kappa shape index (κ3) is 3.55. The Bertz CT molecular complexity index is 515. The molecule has 0 radical (unpaired) electrons. The minimum atomic E-state index is 0.813. The van der Waals surface area contributed by atoms with Gasteiger partial charge in [0.25, 0.3) is 0 Å². The molecule has 1 aromatic carbocycles. The molecule has 0 bridgehead atoms. The van der Waals surface area contributed by atoms with Gasteiger partial charge < -0.3 is 5.32 Å². The molecule has 0 aliphatic heterocycles. The fraction of sp³-hybridized carbons (Fsp3) is 0.333. The van der Waals surface area contributed by atoms with Crippen LogP contribution in [0.15, 0.2) is 30.3 Å². The number of benzene rings is 1. The van der Waals surface area contributed by atoms with Crippen molar-refractivity contribution >= 4 is 5.82 Å². The summed E-state index contributed by atoms with van der Waals surface area (Å²) in [5.41, 5.74) is 3.66. The van der Waals surface area contributed by atoms with Crippen LogP contribution in [0.4, 0.5) is 5.82 Å². The lowest BCUT2D eigenvalue weighted by Gasteiger charge is -2.07. The first-order valence-electron chi connectivity index (χ1n) is 6.25. The molecule has 3 nitrogen and oxygen atoms in total. The first-order valence-corrected chi connectivity index (χ1v) is 6.25. The lowest BCUT2D eigenvalue weighted by atomic mass is 10.1. The molecular weight excluding hydrogens is 222 g/mol. The highest BCUT2D eigenvalue weighted by atomic mass is 15.0. The maximum absolute atomic E-state index is 4.36. The standard InChI is InChI=1S/C15H19N3/c1-11-5-4-6-14(9-11)7-8-16-15-10-12(2)17-13(3)18-15/h4-6,9-10H,7-8H2,1-3H3,(H,16,17,18). The molecule has 0 saturated carbocycles. The van der Waals surface area contributed by atoms with Crippen LogP contribution in [0, 0.1) is 20.8 Å². The predicted molar refractivity (Wildman–Crippen MR) is 74.9 cm³/mol. The van der Waals surface area contributed by atoms with E-state index in [0.717, 1.165) is 30.3 Å². The van der Waals surface area contributed by atoms with Crippen LogP contribution in [0.25, 0.3) is 0 Å². The second-order valence-electron chi connectivity index (χ2n) is 4.61. The minimum Gasteiger partial charge on any atom is -0.370 e. The van der Waals surface area contributed by atoms with Gasteiger partial charge in [0.1, 0.15) is 11.6 Å². The minimum absolute atomic E-state index is 0.813. The molecular formula is C15H19N3. The summed E-state index contributed by atoms with van der Waals surface area (Å²) in [7, 11) is 0. The summed E-state index contributed by atoms with van der Waals surface area (Å²) in [6.07, 6.45) is 1.00. The van der Waals surface area contributed by atoms with Crippen molar-refractivity contribution in [3.8, 4) is 0 Å². The van der Waals surface area contributed by atoms with Gasteiger partial charge in [-0.25, -0.2) is 9.97 Å². The second-order valence-corrected chi connectivity index (χ2v) is 4.61. The molecule has 1 aromatic heterocycles. The number of anilines is 1. The van der Waals surface area contributed by atoms with Crippen molar-refractivity contribution in [3.05, 3.63) is 53.0 Å². The Kier molecular flexibility index (Phi) is 3.92. The van der Waals surface area contributed by atoms with Crippen LogP contribution in [-0.4, -0.2) is 16.5 Å². The van der Waals surface area contributed by atoms with E-state index in [9.17, 15) is 0 Å². The predicted octanol–water partition coefficient (Wildman–Crippen LogP) is 3.06. The van der Waals surface area contributed by atoms with Gasteiger partial charge in [0, 0.05) is 18.3 Å². The van der Waals surface area contributed by atoms with Gasteiger partial charge in [0.15, 0.2) is 0 Å². The monoisotopic (exact) mass is 241 g/mol. The number of nitrogens with zero attached hydrogens (tertiary/aromatic N) is 2. The quantitative estimate of drug-likeness (QED) is 0.894. The Balaban J connectivity index is 1.92. The summed E-state index contributed by atoms with van der Waals surface area (Å²) in [5.74, 6) is 1.72. The Hall–Kier alpha value is -1.90. The Labute approximate surface area is 108 Å². The van der Waals surface area contributed by atoms with Gasteiger partial charge in [-0.3, -0.25) is 0 Å². The number of rotatable bonds is 4. The van der Waals surface area contributed by atoms with E-state index in [0.29, 0.717) is 0 Å². The van der Waals surface area contributed by atoms with E-state index in [4.69, 9.17) is 0 Å².